The number of aromatic nitrogens is 1. The van der Waals surface area contributed by atoms with Crippen molar-refractivity contribution in [1.29, 1.82) is 0 Å². The maximum Gasteiger partial charge on any atom is 0.273 e. The van der Waals surface area contributed by atoms with Crippen molar-refractivity contribution in [1.82, 2.24) is 15.4 Å². The van der Waals surface area contributed by atoms with Gasteiger partial charge in [0, 0.05) is 38.9 Å². The Bertz CT molecular complexity index is 441. The zero-order chi connectivity index (χ0) is 14.4. The normalized spacial score (nSPS) is 16.3. The van der Waals surface area contributed by atoms with Crippen molar-refractivity contribution in [3.63, 3.8) is 0 Å². The lowest BCUT2D eigenvalue weighted by atomic mass is 10.1. The van der Waals surface area contributed by atoms with Gasteiger partial charge in [0.1, 0.15) is 5.76 Å². The first-order valence-corrected chi connectivity index (χ1v) is 6.74. The van der Waals surface area contributed by atoms with Crippen molar-refractivity contribution in [3.8, 4) is 0 Å². The molecule has 1 amide bonds. The molecule has 0 atom stereocenters. The molecule has 0 bridgehead atoms. The van der Waals surface area contributed by atoms with Crippen LogP contribution in [0.5, 0.6) is 0 Å². The van der Waals surface area contributed by atoms with Crippen molar-refractivity contribution in [2.45, 2.75) is 13.5 Å². The number of amides is 1. The van der Waals surface area contributed by atoms with E-state index in [9.17, 15) is 4.79 Å². The number of aryl methyl sites for hydroxylation is 1. The van der Waals surface area contributed by atoms with Crippen LogP contribution in [0.25, 0.3) is 0 Å². The van der Waals surface area contributed by atoms with Crippen LogP contribution in [0.4, 0.5) is 0 Å². The number of methoxy groups -OCH3 is 1. The molecule has 2 rings (SSSR count). The molecule has 0 radical (unpaired) electrons. The number of rotatable bonds is 6. The highest BCUT2D eigenvalue weighted by molar-refractivity contribution is 5.93. The standard InChI is InChI=1S/C13H21N3O4/c1-10-11(9-16-4-7-19-8-5-16)12(15-20-10)13(17)14-3-6-18-2/h3-9H2,1-2H3,(H,14,17). The maximum atomic E-state index is 12.1. The molecule has 112 valence electrons. The van der Waals surface area contributed by atoms with Gasteiger partial charge in [-0.15, -0.1) is 0 Å². The van der Waals surface area contributed by atoms with Gasteiger partial charge in [-0.25, -0.2) is 0 Å². The number of carbonyl (C=O) groups is 1. The molecule has 7 nitrogen and oxygen atoms in total. The lowest BCUT2D eigenvalue weighted by molar-refractivity contribution is 0.0339. The molecule has 0 saturated carbocycles. The minimum absolute atomic E-state index is 0.220. The molecule has 20 heavy (non-hydrogen) atoms. The Hall–Kier alpha value is -1.44. The second kappa shape index (κ2) is 7.37. The number of nitrogens with one attached hydrogen (secondary N) is 1. The van der Waals surface area contributed by atoms with E-state index in [4.69, 9.17) is 14.0 Å². The highest BCUT2D eigenvalue weighted by Crippen LogP contribution is 2.16. The number of hydrogen-bond donors (Lipinski definition) is 1. The van der Waals surface area contributed by atoms with Gasteiger partial charge in [0.25, 0.3) is 5.91 Å². The average molecular weight is 283 g/mol. The average Bonchev–Trinajstić information content (AvgIpc) is 2.82. The van der Waals surface area contributed by atoms with Crippen LogP contribution in [0.3, 0.4) is 0 Å². The predicted molar refractivity (Wildman–Crippen MR) is 71.5 cm³/mol. The highest BCUT2D eigenvalue weighted by atomic mass is 16.5. The fraction of sp³-hybridized carbons (Fsp3) is 0.692. The zero-order valence-electron chi connectivity index (χ0n) is 12.0. The molecule has 0 spiro atoms. The van der Waals surface area contributed by atoms with Crippen molar-refractivity contribution < 1.29 is 18.8 Å². The molecule has 1 aromatic heterocycles. The Morgan fingerprint density at radius 3 is 2.90 bits per heavy atom. The summed E-state index contributed by atoms with van der Waals surface area (Å²) in [6.07, 6.45) is 0. The van der Waals surface area contributed by atoms with Crippen LogP contribution >= 0.6 is 0 Å². The maximum absolute atomic E-state index is 12.1. The molecule has 0 unspecified atom stereocenters. The van der Waals surface area contributed by atoms with E-state index in [1.165, 1.54) is 0 Å². The third-order valence-electron chi connectivity index (χ3n) is 3.28. The second-order valence-corrected chi connectivity index (χ2v) is 4.70. The fourth-order valence-electron chi connectivity index (χ4n) is 2.09. The molecule has 1 aromatic rings. The van der Waals surface area contributed by atoms with Crippen LogP contribution in [0, 0.1) is 6.92 Å². The monoisotopic (exact) mass is 283 g/mol. The first-order chi connectivity index (χ1) is 9.72. The molecule has 2 heterocycles. The van der Waals surface area contributed by atoms with Crippen LogP contribution in [-0.4, -0.2) is 62.5 Å². The Balaban J connectivity index is 2.00. The summed E-state index contributed by atoms with van der Waals surface area (Å²) < 4.78 is 15.4. The van der Waals surface area contributed by atoms with E-state index in [0.717, 1.165) is 31.9 Å². The SMILES string of the molecule is COCCNC(=O)c1noc(C)c1CN1CCOCC1. The smallest absolute Gasteiger partial charge is 0.273 e. The topological polar surface area (TPSA) is 76.8 Å². The summed E-state index contributed by atoms with van der Waals surface area (Å²) in [5, 5.41) is 6.64. The minimum Gasteiger partial charge on any atom is -0.383 e. The number of hydrogen-bond acceptors (Lipinski definition) is 6. The van der Waals surface area contributed by atoms with Crippen LogP contribution in [0.15, 0.2) is 4.52 Å². The Labute approximate surface area is 118 Å². The molecule has 1 aliphatic heterocycles. The first kappa shape index (κ1) is 15.0. The van der Waals surface area contributed by atoms with Crippen LogP contribution in [0.1, 0.15) is 21.8 Å². The molecule has 1 fully saturated rings. The number of nitrogens with zero attached hydrogens (tertiary/aromatic N) is 2. The summed E-state index contributed by atoms with van der Waals surface area (Å²) in [6.45, 7) is 6.57. The van der Waals surface area contributed by atoms with Gasteiger partial charge < -0.3 is 19.3 Å². The van der Waals surface area contributed by atoms with E-state index in [0.29, 0.717) is 31.2 Å². The van der Waals surface area contributed by atoms with E-state index in [-0.39, 0.29) is 5.91 Å². The lowest BCUT2D eigenvalue weighted by Gasteiger charge is -2.26. The second-order valence-electron chi connectivity index (χ2n) is 4.70. The van der Waals surface area contributed by atoms with E-state index < -0.39 is 0 Å². The summed E-state index contributed by atoms with van der Waals surface area (Å²) >= 11 is 0. The Morgan fingerprint density at radius 2 is 2.20 bits per heavy atom. The number of morpholine rings is 1. The molecule has 1 N–H and O–H groups in total. The highest BCUT2D eigenvalue weighted by Gasteiger charge is 2.22. The molecule has 0 aromatic carbocycles. The molecule has 7 heteroatoms. The van der Waals surface area contributed by atoms with Crippen LogP contribution < -0.4 is 5.32 Å². The van der Waals surface area contributed by atoms with Gasteiger partial charge in [0.05, 0.1) is 19.8 Å². The van der Waals surface area contributed by atoms with Gasteiger partial charge in [-0.1, -0.05) is 5.16 Å². The third-order valence-corrected chi connectivity index (χ3v) is 3.28. The Kier molecular flexibility index (Phi) is 5.51. The molecular formula is C13H21N3O4. The summed E-state index contributed by atoms with van der Waals surface area (Å²) in [4.78, 5) is 14.3. The van der Waals surface area contributed by atoms with Gasteiger partial charge >= 0.3 is 0 Å². The van der Waals surface area contributed by atoms with E-state index >= 15 is 0 Å². The Morgan fingerprint density at radius 1 is 1.45 bits per heavy atom. The summed E-state index contributed by atoms with van der Waals surface area (Å²) in [5.41, 5.74) is 1.21. The lowest BCUT2D eigenvalue weighted by Crippen LogP contribution is -2.36. The molecular weight excluding hydrogens is 262 g/mol. The van der Waals surface area contributed by atoms with Crippen molar-refractivity contribution in [3.05, 3.63) is 17.0 Å². The van der Waals surface area contributed by atoms with Crippen molar-refractivity contribution in [2.24, 2.45) is 0 Å². The van der Waals surface area contributed by atoms with Gasteiger partial charge in [-0.2, -0.15) is 0 Å². The molecule has 1 aliphatic rings. The molecule has 0 aliphatic carbocycles. The number of carbonyl (C=O) groups excluding carboxylic acids is 1. The van der Waals surface area contributed by atoms with Crippen molar-refractivity contribution >= 4 is 5.91 Å². The van der Waals surface area contributed by atoms with Crippen LogP contribution in [0.2, 0.25) is 0 Å². The van der Waals surface area contributed by atoms with Gasteiger partial charge in [-0.3, -0.25) is 9.69 Å². The fourth-order valence-corrected chi connectivity index (χ4v) is 2.09. The summed E-state index contributed by atoms with van der Waals surface area (Å²) in [6, 6.07) is 0. The van der Waals surface area contributed by atoms with Gasteiger partial charge in [0.2, 0.25) is 0 Å². The predicted octanol–water partition coefficient (Wildman–Crippen LogP) is 0.191. The van der Waals surface area contributed by atoms with E-state index in [2.05, 4.69) is 15.4 Å². The van der Waals surface area contributed by atoms with Crippen LogP contribution in [-0.2, 0) is 16.0 Å². The summed E-state index contributed by atoms with van der Waals surface area (Å²) in [5.74, 6) is 0.468. The van der Waals surface area contributed by atoms with Gasteiger partial charge in [-0.05, 0) is 6.92 Å². The number of ether oxygens (including phenoxy) is 2. The quantitative estimate of drug-likeness (QED) is 0.751. The third kappa shape index (κ3) is 3.78. The van der Waals surface area contributed by atoms with E-state index in [1.807, 2.05) is 6.92 Å². The molecule has 1 saturated heterocycles. The first-order valence-electron chi connectivity index (χ1n) is 6.74. The van der Waals surface area contributed by atoms with Gasteiger partial charge in [0.15, 0.2) is 5.69 Å². The van der Waals surface area contributed by atoms with E-state index in [1.54, 1.807) is 7.11 Å². The zero-order valence-corrected chi connectivity index (χ0v) is 12.0. The minimum atomic E-state index is -0.220. The largest absolute Gasteiger partial charge is 0.383 e. The van der Waals surface area contributed by atoms with Crippen molar-refractivity contribution in [2.75, 3.05) is 46.6 Å². The summed E-state index contributed by atoms with van der Waals surface area (Å²) in [7, 11) is 1.59.